The van der Waals surface area contributed by atoms with Crippen LogP contribution in [0.25, 0.3) is 11.0 Å². The fraction of sp³-hybridized carbons (Fsp3) is 0.310. The van der Waals surface area contributed by atoms with Crippen LogP contribution in [-0.4, -0.2) is 67.5 Å². The Morgan fingerprint density at radius 1 is 0.756 bits per heavy atom. The van der Waals surface area contributed by atoms with Crippen molar-refractivity contribution in [1.82, 2.24) is 18.6 Å². The van der Waals surface area contributed by atoms with Gasteiger partial charge in [-0.05, 0) is 86.3 Å². The van der Waals surface area contributed by atoms with E-state index in [-0.39, 0.29) is 15.7 Å². The van der Waals surface area contributed by atoms with Crippen LogP contribution in [0.4, 0.5) is 5.69 Å². The number of aromatic amines is 1. The van der Waals surface area contributed by atoms with E-state index in [1.54, 1.807) is 12.1 Å². The van der Waals surface area contributed by atoms with Crippen LogP contribution in [0.2, 0.25) is 0 Å². The zero-order valence-electron chi connectivity index (χ0n) is 22.4. The molecule has 4 aromatic rings. The molecule has 0 atom stereocenters. The molecule has 0 unspecified atom stereocenters. The first kappa shape index (κ1) is 27.6. The molecule has 41 heavy (non-hydrogen) atoms. The van der Waals surface area contributed by atoms with Crippen molar-refractivity contribution < 1.29 is 21.6 Å². The van der Waals surface area contributed by atoms with Crippen LogP contribution < -0.4 is 5.32 Å². The van der Waals surface area contributed by atoms with Crippen molar-refractivity contribution in [3.05, 3.63) is 84.2 Å². The molecule has 0 saturated carbocycles. The lowest BCUT2D eigenvalue weighted by atomic mass is 9.97. The molecule has 0 aliphatic carbocycles. The van der Waals surface area contributed by atoms with Gasteiger partial charge in [-0.2, -0.15) is 8.61 Å². The number of rotatable bonds is 7. The Hall–Kier alpha value is -3.58. The summed E-state index contributed by atoms with van der Waals surface area (Å²) >= 11 is 0. The van der Waals surface area contributed by atoms with Gasteiger partial charge < -0.3 is 10.3 Å². The minimum atomic E-state index is -3.69. The molecule has 3 heterocycles. The topological polar surface area (TPSA) is 133 Å². The Labute approximate surface area is 239 Å². The van der Waals surface area contributed by atoms with E-state index < -0.39 is 26.0 Å². The van der Waals surface area contributed by atoms with Crippen molar-refractivity contribution in [3.63, 3.8) is 0 Å². The standard InChI is InChI=1S/C29H31N5O5S2/c35-29(22-7-11-24(12-8-22)40(36,37)33-17-3-4-18-33)30-23-9-13-25(14-10-23)41(38,39)34-19-15-21(16-20-34)28-31-26-5-1-2-6-27(26)32-28/h1-2,5-14,21H,3-4,15-20H2,(H,30,35)(H,31,32). The molecule has 2 aliphatic heterocycles. The summed E-state index contributed by atoms with van der Waals surface area (Å²) in [6, 6.07) is 19.8. The van der Waals surface area contributed by atoms with Gasteiger partial charge in [-0.15, -0.1) is 0 Å². The Morgan fingerprint density at radius 2 is 1.32 bits per heavy atom. The van der Waals surface area contributed by atoms with Gasteiger partial charge in [0, 0.05) is 43.3 Å². The van der Waals surface area contributed by atoms with E-state index in [0.717, 1.165) is 29.7 Å². The fourth-order valence-corrected chi connectivity index (χ4v) is 8.44. The summed E-state index contributed by atoms with van der Waals surface area (Å²) in [5.41, 5.74) is 2.63. The Bertz CT molecular complexity index is 1740. The molecule has 1 amide bonds. The van der Waals surface area contributed by atoms with E-state index >= 15 is 0 Å². The predicted molar refractivity (Wildman–Crippen MR) is 156 cm³/mol. The summed E-state index contributed by atoms with van der Waals surface area (Å²) < 4.78 is 55.0. The lowest BCUT2D eigenvalue weighted by molar-refractivity contribution is 0.102. The molecule has 2 saturated heterocycles. The number of amides is 1. The summed E-state index contributed by atoms with van der Waals surface area (Å²) in [4.78, 5) is 21.1. The number of piperidine rings is 1. The number of anilines is 1. The monoisotopic (exact) mass is 593 g/mol. The number of H-pyrrole nitrogens is 1. The maximum Gasteiger partial charge on any atom is 0.255 e. The molecule has 214 valence electrons. The third kappa shape index (κ3) is 5.52. The van der Waals surface area contributed by atoms with Crippen LogP contribution in [0, 0.1) is 0 Å². The van der Waals surface area contributed by atoms with Crippen LogP contribution in [0.1, 0.15) is 47.8 Å². The molecule has 2 N–H and O–H groups in total. The molecular formula is C29H31N5O5S2. The molecule has 10 nitrogen and oxygen atoms in total. The van der Waals surface area contributed by atoms with Gasteiger partial charge >= 0.3 is 0 Å². The molecule has 12 heteroatoms. The maximum atomic E-state index is 13.3. The average Bonchev–Trinajstić information content (AvgIpc) is 3.69. The van der Waals surface area contributed by atoms with Crippen LogP contribution in [-0.2, 0) is 20.0 Å². The molecule has 2 fully saturated rings. The minimum Gasteiger partial charge on any atom is -0.342 e. The second-order valence-corrected chi connectivity index (χ2v) is 14.3. The average molecular weight is 594 g/mol. The summed E-state index contributed by atoms with van der Waals surface area (Å²) in [5.74, 6) is 0.644. The van der Waals surface area contributed by atoms with Gasteiger partial charge in [0.25, 0.3) is 5.91 Å². The van der Waals surface area contributed by atoms with Gasteiger partial charge in [0.05, 0.1) is 20.8 Å². The van der Waals surface area contributed by atoms with Gasteiger partial charge in [0.15, 0.2) is 0 Å². The third-order valence-corrected chi connectivity index (χ3v) is 11.6. The SMILES string of the molecule is O=C(Nc1ccc(S(=O)(=O)N2CCC(c3nc4ccccc4[nH]3)CC2)cc1)c1ccc(S(=O)(=O)N2CCCC2)cc1. The van der Waals surface area contributed by atoms with Gasteiger partial charge in [-0.25, -0.2) is 21.8 Å². The first-order valence-electron chi connectivity index (χ1n) is 13.7. The zero-order valence-corrected chi connectivity index (χ0v) is 24.0. The van der Waals surface area contributed by atoms with Crippen molar-refractivity contribution >= 4 is 42.7 Å². The van der Waals surface area contributed by atoms with Crippen LogP contribution in [0.3, 0.4) is 0 Å². The number of nitrogens with one attached hydrogen (secondary N) is 2. The van der Waals surface area contributed by atoms with Gasteiger partial charge in [-0.1, -0.05) is 12.1 Å². The molecular weight excluding hydrogens is 562 g/mol. The second-order valence-electron chi connectivity index (χ2n) is 10.4. The van der Waals surface area contributed by atoms with E-state index in [2.05, 4.69) is 15.3 Å². The number of sulfonamides is 2. The Balaban J connectivity index is 1.07. The molecule has 6 rings (SSSR count). The molecule has 1 aromatic heterocycles. The van der Waals surface area contributed by atoms with E-state index in [9.17, 15) is 21.6 Å². The largest absolute Gasteiger partial charge is 0.342 e. The normalized spacial score (nSPS) is 17.7. The maximum absolute atomic E-state index is 13.3. The Kier molecular flexibility index (Phi) is 7.41. The van der Waals surface area contributed by atoms with E-state index in [0.29, 0.717) is 50.3 Å². The van der Waals surface area contributed by atoms with Crippen LogP contribution >= 0.6 is 0 Å². The number of hydrogen-bond donors (Lipinski definition) is 2. The number of aromatic nitrogens is 2. The van der Waals surface area contributed by atoms with E-state index in [1.165, 1.54) is 45.0 Å². The van der Waals surface area contributed by atoms with Gasteiger partial charge in [0.1, 0.15) is 5.82 Å². The molecule has 0 spiro atoms. The first-order chi connectivity index (χ1) is 19.7. The molecule has 2 aliphatic rings. The van der Waals surface area contributed by atoms with Crippen LogP contribution in [0.15, 0.2) is 82.6 Å². The number of hydrogen-bond acceptors (Lipinski definition) is 6. The lowest BCUT2D eigenvalue weighted by Gasteiger charge is -2.30. The smallest absolute Gasteiger partial charge is 0.255 e. The highest BCUT2D eigenvalue weighted by atomic mass is 32.2. The van der Waals surface area contributed by atoms with Crippen molar-refractivity contribution in [2.75, 3.05) is 31.5 Å². The van der Waals surface area contributed by atoms with E-state index in [4.69, 9.17) is 0 Å². The second kappa shape index (κ2) is 11.0. The number of benzene rings is 3. The summed E-state index contributed by atoms with van der Waals surface area (Å²) in [7, 11) is -7.24. The van der Waals surface area contributed by atoms with Gasteiger partial charge in [-0.3, -0.25) is 4.79 Å². The predicted octanol–water partition coefficient (Wildman–Crippen LogP) is 4.17. The first-order valence-corrected chi connectivity index (χ1v) is 16.6. The molecule has 0 bridgehead atoms. The highest BCUT2D eigenvalue weighted by Crippen LogP contribution is 2.31. The van der Waals surface area contributed by atoms with Crippen molar-refractivity contribution in [2.24, 2.45) is 0 Å². The zero-order chi connectivity index (χ0) is 28.6. The summed E-state index contributed by atoms with van der Waals surface area (Å²) in [6.07, 6.45) is 3.04. The summed E-state index contributed by atoms with van der Waals surface area (Å²) in [5, 5.41) is 2.75. The number of carbonyl (C=O) groups is 1. The highest BCUT2D eigenvalue weighted by molar-refractivity contribution is 7.89. The number of fused-ring (bicyclic) bond motifs is 1. The quantitative estimate of drug-likeness (QED) is 0.331. The third-order valence-electron chi connectivity index (χ3n) is 7.82. The lowest BCUT2D eigenvalue weighted by Crippen LogP contribution is -2.38. The van der Waals surface area contributed by atoms with E-state index in [1.807, 2.05) is 24.3 Å². The number of imidazole rings is 1. The number of nitrogens with zero attached hydrogens (tertiary/aromatic N) is 3. The molecule has 3 aromatic carbocycles. The minimum absolute atomic E-state index is 0.159. The number of para-hydroxylation sites is 2. The molecule has 0 radical (unpaired) electrons. The fourth-order valence-electron chi connectivity index (χ4n) is 5.45. The number of carbonyl (C=O) groups excluding carboxylic acids is 1. The summed E-state index contributed by atoms with van der Waals surface area (Å²) in [6.45, 7) is 1.81. The van der Waals surface area contributed by atoms with Crippen molar-refractivity contribution in [3.8, 4) is 0 Å². The van der Waals surface area contributed by atoms with Crippen molar-refractivity contribution in [1.29, 1.82) is 0 Å². The van der Waals surface area contributed by atoms with Crippen molar-refractivity contribution in [2.45, 2.75) is 41.4 Å². The Morgan fingerprint density at radius 3 is 1.93 bits per heavy atom. The highest BCUT2D eigenvalue weighted by Gasteiger charge is 2.31. The van der Waals surface area contributed by atoms with Gasteiger partial charge in [0.2, 0.25) is 20.0 Å². The van der Waals surface area contributed by atoms with Crippen LogP contribution in [0.5, 0.6) is 0 Å².